The van der Waals surface area contributed by atoms with Gasteiger partial charge in [0.1, 0.15) is 6.10 Å². The molecule has 2 saturated heterocycles. The molecule has 2 amide bonds. The monoisotopic (exact) mass is 423 g/mol. The van der Waals surface area contributed by atoms with Gasteiger partial charge in [-0.1, -0.05) is 6.07 Å². The summed E-state index contributed by atoms with van der Waals surface area (Å²) in [6.07, 6.45) is 1.52. The molecular formula is C19H26BrN3O3. The van der Waals surface area contributed by atoms with Gasteiger partial charge in [0.25, 0.3) is 5.91 Å². The van der Waals surface area contributed by atoms with Gasteiger partial charge >= 0.3 is 0 Å². The Labute approximate surface area is 163 Å². The number of nitrogens with zero attached hydrogens (tertiary/aromatic N) is 2. The number of carbonyl (C=O) groups is 2. The van der Waals surface area contributed by atoms with E-state index in [4.69, 9.17) is 4.74 Å². The van der Waals surface area contributed by atoms with Crippen LogP contribution in [0.3, 0.4) is 0 Å². The molecule has 0 radical (unpaired) electrons. The third-order valence-electron chi connectivity index (χ3n) is 5.14. The van der Waals surface area contributed by atoms with Crippen molar-refractivity contribution in [2.75, 3.05) is 38.1 Å². The van der Waals surface area contributed by atoms with E-state index in [2.05, 4.69) is 26.1 Å². The quantitative estimate of drug-likeness (QED) is 0.807. The zero-order chi connectivity index (χ0) is 18.7. The van der Waals surface area contributed by atoms with Crippen molar-refractivity contribution in [2.24, 2.45) is 0 Å². The fourth-order valence-electron chi connectivity index (χ4n) is 3.43. The minimum absolute atomic E-state index is 0.0338. The fourth-order valence-corrected chi connectivity index (χ4v) is 4.02. The van der Waals surface area contributed by atoms with Gasteiger partial charge in [-0.05, 0) is 60.3 Å². The van der Waals surface area contributed by atoms with Gasteiger partial charge in [0, 0.05) is 37.3 Å². The van der Waals surface area contributed by atoms with Crippen LogP contribution in [0.2, 0.25) is 0 Å². The van der Waals surface area contributed by atoms with E-state index in [0.29, 0.717) is 32.8 Å². The number of amides is 2. The highest BCUT2D eigenvalue weighted by atomic mass is 79.9. The number of halogens is 1. The van der Waals surface area contributed by atoms with Gasteiger partial charge in [0.2, 0.25) is 5.91 Å². The molecule has 0 aromatic heterocycles. The summed E-state index contributed by atoms with van der Waals surface area (Å²) >= 11 is 3.49. The Kier molecular flexibility index (Phi) is 6.32. The molecule has 3 rings (SSSR count). The molecule has 0 bridgehead atoms. The van der Waals surface area contributed by atoms with Gasteiger partial charge < -0.3 is 15.0 Å². The van der Waals surface area contributed by atoms with Crippen LogP contribution >= 0.6 is 15.9 Å². The summed E-state index contributed by atoms with van der Waals surface area (Å²) in [6, 6.07) is 5.61. The number of piperazine rings is 1. The van der Waals surface area contributed by atoms with E-state index in [1.807, 2.05) is 36.9 Å². The Balaban J connectivity index is 1.51. The Hall–Kier alpha value is -1.44. The first-order chi connectivity index (χ1) is 12.5. The number of ether oxygens (including phenoxy) is 1. The zero-order valence-corrected chi connectivity index (χ0v) is 16.9. The first-order valence-corrected chi connectivity index (χ1v) is 9.96. The summed E-state index contributed by atoms with van der Waals surface area (Å²) in [5, 5.41) is 2.99. The largest absolute Gasteiger partial charge is 0.368 e. The molecule has 2 atom stereocenters. The Morgan fingerprint density at radius 1 is 1.27 bits per heavy atom. The number of hydrogen-bond acceptors (Lipinski definition) is 4. The van der Waals surface area contributed by atoms with E-state index in [1.54, 1.807) is 0 Å². The highest BCUT2D eigenvalue weighted by Gasteiger charge is 2.32. The van der Waals surface area contributed by atoms with Crippen molar-refractivity contribution in [3.8, 4) is 0 Å². The molecule has 0 spiro atoms. The van der Waals surface area contributed by atoms with Crippen LogP contribution in [0.5, 0.6) is 0 Å². The van der Waals surface area contributed by atoms with Crippen molar-refractivity contribution >= 4 is 33.4 Å². The van der Waals surface area contributed by atoms with E-state index >= 15 is 0 Å². The number of anilines is 1. The molecular weight excluding hydrogens is 398 g/mol. The lowest BCUT2D eigenvalue weighted by Crippen LogP contribution is -2.55. The number of nitrogens with one attached hydrogen (secondary N) is 1. The number of carbonyl (C=O) groups excluding carboxylic acids is 2. The maximum absolute atomic E-state index is 12.6. The lowest BCUT2D eigenvalue weighted by molar-refractivity contribution is -0.143. The van der Waals surface area contributed by atoms with Crippen molar-refractivity contribution in [3.63, 3.8) is 0 Å². The smallest absolute Gasteiger partial charge is 0.251 e. The van der Waals surface area contributed by atoms with Crippen molar-refractivity contribution in [3.05, 3.63) is 28.2 Å². The third-order valence-corrected chi connectivity index (χ3v) is 5.80. The van der Waals surface area contributed by atoms with Crippen LogP contribution < -0.4 is 5.32 Å². The minimum atomic E-state index is -0.263. The van der Waals surface area contributed by atoms with E-state index < -0.39 is 0 Å². The number of hydrogen-bond donors (Lipinski definition) is 1. The van der Waals surface area contributed by atoms with Gasteiger partial charge in [0.15, 0.2) is 0 Å². The van der Waals surface area contributed by atoms with E-state index in [1.165, 1.54) is 0 Å². The lowest BCUT2D eigenvalue weighted by atomic mass is 10.1. The van der Waals surface area contributed by atoms with Gasteiger partial charge in [0.05, 0.1) is 11.7 Å². The number of benzene rings is 1. The Bertz CT molecular complexity index is 668. The highest BCUT2D eigenvalue weighted by Crippen LogP contribution is 2.24. The number of aryl methyl sites for hydroxylation is 1. The Morgan fingerprint density at radius 2 is 2.00 bits per heavy atom. The highest BCUT2D eigenvalue weighted by molar-refractivity contribution is 9.10. The second-order valence-electron chi connectivity index (χ2n) is 7.01. The first kappa shape index (κ1) is 19.3. The average Bonchev–Trinajstić information content (AvgIpc) is 3.17. The molecule has 7 heteroatoms. The van der Waals surface area contributed by atoms with E-state index in [0.717, 1.165) is 28.6 Å². The van der Waals surface area contributed by atoms with Crippen molar-refractivity contribution in [1.82, 2.24) is 9.80 Å². The number of rotatable bonds is 4. The summed E-state index contributed by atoms with van der Waals surface area (Å²) in [5.74, 6) is 0.0660. The predicted molar refractivity (Wildman–Crippen MR) is 104 cm³/mol. The SMILES string of the molecule is Cc1ccc(NC(=O)C(C)N2CCN(C(=O)C3CCCO3)CC2)c(Br)c1. The first-order valence-electron chi connectivity index (χ1n) is 9.17. The van der Waals surface area contributed by atoms with Crippen LogP contribution in [0, 0.1) is 6.92 Å². The van der Waals surface area contributed by atoms with Crippen LogP contribution in [0.1, 0.15) is 25.3 Å². The second kappa shape index (κ2) is 8.50. The van der Waals surface area contributed by atoms with E-state index in [-0.39, 0.29) is 24.0 Å². The zero-order valence-electron chi connectivity index (χ0n) is 15.3. The molecule has 6 nitrogen and oxygen atoms in total. The van der Waals surface area contributed by atoms with Gasteiger partial charge in [-0.15, -0.1) is 0 Å². The molecule has 0 saturated carbocycles. The van der Waals surface area contributed by atoms with Gasteiger partial charge in [-0.3, -0.25) is 14.5 Å². The topological polar surface area (TPSA) is 61.9 Å². The summed E-state index contributed by atoms with van der Waals surface area (Å²) in [5.41, 5.74) is 1.91. The fraction of sp³-hybridized carbons (Fsp3) is 0.579. The van der Waals surface area contributed by atoms with Crippen molar-refractivity contribution in [1.29, 1.82) is 0 Å². The van der Waals surface area contributed by atoms with Crippen LogP contribution in [0.4, 0.5) is 5.69 Å². The molecule has 2 aliphatic rings. The molecule has 2 heterocycles. The summed E-state index contributed by atoms with van der Waals surface area (Å²) in [4.78, 5) is 29.0. The molecule has 142 valence electrons. The lowest BCUT2D eigenvalue weighted by Gasteiger charge is -2.38. The van der Waals surface area contributed by atoms with Crippen molar-refractivity contribution < 1.29 is 14.3 Å². The van der Waals surface area contributed by atoms with Crippen LogP contribution in [-0.4, -0.2) is 66.5 Å². The standard InChI is InChI=1S/C19H26BrN3O3/c1-13-5-6-16(15(20)12-13)21-18(24)14(2)22-7-9-23(10-8-22)19(25)17-4-3-11-26-17/h5-6,12,14,17H,3-4,7-11H2,1-2H3,(H,21,24). The third kappa shape index (κ3) is 4.45. The molecule has 1 aromatic rings. The summed E-state index contributed by atoms with van der Waals surface area (Å²) < 4.78 is 6.37. The second-order valence-corrected chi connectivity index (χ2v) is 7.87. The normalized spacial score (nSPS) is 22.3. The van der Waals surface area contributed by atoms with Gasteiger partial charge in [-0.2, -0.15) is 0 Å². The molecule has 2 fully saturated rings. The molecule has 1 aromatic carbocycles. The maximum Gasteiger partial charge on any atom is 0.251 e. The predicted octanol–water partition coefficient (Wildman–Crippen LogP) is 2.41. The molecule has 2 aliphatic heterocycles. The summed E-state index contributed by atoms with van der Waals surface area (Å²) in [6.45, 7) is 7.28. The molecule has 2 unspecified atom stereocenters. The molecule has 1 N–H and O–H groups in total. The van der Waals surface area contributed by atoms with E-state index in [9.17, 15) is 9.59 Å². The average molecular weight is 424 g/mol. The van der Waals surface area contributed by atoms with Crippen LogP contribution in [-0.2, 0) is 14.3 Å². The van der Waals surface area contributed by atoms with Crippen molar-refractivity contribution in [2.45, 2.75) is 38.8 Å². The Morgan fingerprint density at radius 3 is 2.62 bits per heavy atom. The van der Waals surface area contributed by atoms with Gasteiger partial charge in [-0.25, -0.2) is 0 Å². The summed E-state index contributed by atoms with van der Waals surface area (Å²) in [7, 11) is 0. The van der Waals surface area contributed by atoms with Crippen LogP contribution in [0.15, 0.2) is 22.7 Å². The maximum atomic E-state index is 12.6. The molecule has 26 heavy (non-hydrogen) atoms. The minimum Gasteiger partial charge on any atom is -0.368 e. The molecule has 0 aliphatic carbocycles. The van der Waals surface area contributed by atoms with Crippen LogP contribution in [0.25, 0.3) is 0 Å².